The Kier molecular flexibility index (Phi) is 12.6. The summed E-state index contributed by atoms with van der Waals surface area (Å²) in [6, 6.07) is 0. The summed E-state index contributed by atoms with van der Waals surface area (Å²) >= 11 is 0. The third-order valence-corrected chi connectivity index (χ3v) is 3.62. The highest BCUT2D eigenvalue weighted by Gasteiger charge is 2.18. The molecule has 4 unspecified atom stereocenters. The van der Waals surface area contributed by atoms with Crippen LogP contribution in [0, 0.1) is 0 Å². The molecule has 0 spiro atoms. The van der Waals surface area contributed by atoms with Gasteiger partial charge in [0.1, 0.15) is 0 Å². The first-order valence-corrected chi connectivity index (χ1v) is 7.68. The summed E-state index contributed by atoms with van der Waals surface area (Å²) in [5.74, 6) is 0. The number of nitrogens with zero attached hydrogens (tertiary/aromatic N) is 2. The van der Waals surface area contributed by atoms with E-state index in [4.69, 9.17) is 22.9 Å². The van der Waals surface area contributed by atoms with Crippen molar-refractivity contribution < 1.29 is 0 Å². The van der Waals surface area contributed by atoms with Crippen LogP contribution < -0.4 is 29.1 Å². The third-order valence-electron chi connectivity index (χ3n) is 3.62. The van der Waals surface area contributed by atoms with Crippen LogP contribution in [-0.4, -0.2) is 34.5 Å². The van der Waals surface area contributed by atoms with E-state index < -0.39 is 0 Å². The van der Waals surface area contributed by atoms with Crippen molar-refractivity contribution in [1.82, 2.24) is 16.0 Å². The fourth-order valence-corrected chi connectivity index (χ4v) is 1.93. The standard InChI is InChI=1S/C14H34N6.H3N/c1-5-11(15)19(12(16)6-2)9-10-20(13(17)7-3)14(18)8-4;/h9-14H,5-8,15-18H2,1-4H3;1H3/b10-9+;. The Hall–Kier alpha value is -0.860. The highest BCUT2D eigenvalue weighted by Crippen LogP contribution is 2.10. The summed E-state index contributed by atoms with van der Waals surface area (Å²) in [5.41, 5.74) is 24.4. The van der Waals surface area contributed by atoms with Crippen molar-refractivity contribution in [3.8, 4) is 0 Å². The first kappa shape index (κ1) is 22.4. The molecular formula is C14H37N7. The molecular weight excluding hydrogens is 266 g/mol. The van der Waals surface area contributed by atoms with Crippen LogP contribution in [0.3, 0.4) is 0 Å². The minimum atomic E-state index is -0.0984. The van der Waals surface area contributed by atoms with Gasteiger partial charge in [-0.25, -0.2) is 0 Å². The van der Waals surface area contributed by atoms with E-state index in [0.29, 0.717) is 0 Å². The molecule has 4 atom stereocenters. The van der Waals surface area contributed by atoms with Gasteiger partial charge in [-0.3, -0.25) is 0 Å². The molecule has 0 aromatic heterocycles. The van der Waals surface area contributed by atoms with Crippen molar-refractivity contribution in [1.29, 1.82) is 0 Å². The van der Waals surface area contributed by atoms with Crippen molar-refractivity contribution in [2.24, 2.45) is 22.9 Å². The second kappa shape index (κ2) is 11.8. The summed E-state index contributed by atoms with van der Waals surface area (Å²) in [7, 11) is 0. The molecule has 7 heteroatoms. The van der Waals surface area contributed by atoms with E-state index in [0.717, 1.165) is 25.7 Å². The molecule has 0 bridgehead atoms. The molecule has 11 N–H and O–H groups in total. The monoisotopic (exact) mass is 303 g/mol. The van der Waals surface area contributed by atoms with Crippen molar-refractivity contribution in [3.63, 3.8) is 0 Å². The van der Waals surface area contributed by atoms with E-state index in [9.17, 15) is 0 Å². The quantitative estimate of drug-likeness (QED) is 0.378. The molecule has 7 nitrogen and oxygen atoms in total. The van der Waals surface area contributed by atoms with E-state index in [-0.39, 0.29) is 30.8 Å². The van der Waals surface area contributed by atoms with E-state index in [1.54, 1.807) is 0 Å². The Labute approximate surface area is 130 Å². The maximum atomic E-state index is 6.11. The van der Waals surface area contributed by atoms with Gasteiger partial charge in [-0.05, 0) is 25.7 Å². The minimum Gasteiger partial charge on any atom is -0.346 e. The van der Waals surface area contributed by atoms with Crippen LogP contribution in [-0.2, 0) is 0 Å². The molecule has 0 aliphatic rings. The highest BCUT2D eigenvalue weighted by molar-refractivity contribution is 4.90. The van der Waals surface area contributed by atoms with Gasteiger partial charge < -0.3 is 38.9 Å². The van der Waals surface area contributed by atoms with Crippen LogP contribution in [0.5, 0.6) is 0 Å². The van der Waals surface area contributed by atoms with Gasteiger partial charge in [0.05, 0.1) is 24.7 Å². The molecule has 0 rings (SSSR count). The lowest BCUT2D eigenvalue weighted by atomic mass is 10.2. The predicted octanol–water partition coefficient (Wildman–Crippen LogP) is 1.00. The van der Waals surface area contributed by atoms with Crippen LogP contribution in [0.4, 0.5) is 0 Å². The van der Waals surface area contributed by atoms with E-state index in [1.807, 2.05) is 49.9 Å². The lowest BCUT2D eigenvalue weighted by molar-refractivity contribution is 0.174. The maximum Gasteiger partial charge on any atom is 0.0778 e. The molecule has 0 aliphatic carbocycles. The minimum absolute atomic E-state index is 0. The average Bonchev–Trinajstić information content (AvgIpc) is 2.48. The second-order valence-electron chi connectivity index (χ2n) is 5.09. The number of rotatable bonds is 10. The SMILES string of the molecule is CCC(N)N(/C=C/N(C(N)CC)C(N)CC)C(N)CC.N. The number of hydrogen-bond acceptors (Lipinski definition) is 7. The molecule has 0 aliphatic heterocycles. The summed E-state index contributed by atoms with van der Waals surface area (Å²) in [5, 5.41) is 0. The summed E-state index contributed by atoms with van der Waals surface area (Å²) < 4.78 is 0. The van der Waals surface area contributed by atoms with Crippen molar-refractivity contribution in [2.75, 3.05) is 0 Å². The lowest BCUT2D eigenvalue weighted by Gasteiger charge is -2.35. The Morgan fingerprint density at radius 3 is 0.952 bits per heavy atom. The zero-order valence-electron chi connectivity index (χ0n) is 14.2. The fraction of sp³-hybridized carbons (Fsp3) is 0.857. The molecule has 0 amide bonds. The highest BCUT2D eigenvalue weighted by atomic mass is 15.3. The van der Waals surface area contributed by atoms with Gasteiger partial charge >= 0.3 is 0 Å². The van der Waals surface area contributed by atoms with Gasteiger partial charge in [-0.15, -0.1) is 0 Å². The lowest BCUT2D eigenvalue weighted by Crippen LogP contribution is -2.51. The second-order valence-corrected chi connectivity index (χ2v) is 5.09. The topological polar surface area (TPSA) is 146 Å². The van der Waals surface area contributed by atoms with Crippen molar-refractivity contribution >= 4 is 0 Å². The Bertz CT molecular complexity index is 226. The summed E-state index contributed by atoms with van der Waals surface area (Å²) in [6.45, 7) is 8.17. The summed E-state index contributed by atoms with van der Waals surface area (Å²) in [4.78, 5) is 3.94. The predicted molar refractivity (Wildman–Crippen MR) is 90.9 cm³/mol. The summed E-state index contributed by atoms with van der Waals surface area (Å²) in [6.07, 6.45) is 6.78. The maximum absolute atomic E-state index is 6.11. The van der Waals surface area contributed by atoms with Gasteiger partial charge in [-0.2, -0.15) is 0 Å². The largest absolute Gasteiger partial charge is 0.346 e. The third kappa shape index (κ3) is 7.10. The Balaban J connectivity index is 0. The van der Waals surface area contributed by atoms with Crippen molar-refractivity contribution in [2.45, 2.75) is 78.0 Å². The van der Waals surface area contributed by atoms with Gasteiger partial charge in [0.2, 0.25) is 0 Å². The number of nitrogens with two attached hydrogens (primary N) is 4. The van der Waals surface area contributed by atoms with Crippen LogP contribution in [0.2, 0.25) is 0 Å². The van der Waals surface area contributed by atoms with E-state index >= 15 is 0 Å². The Morgan fingerprint density at radius 1 is 0.619 bits per heavy atom. The molecule has 0 saturated carbocycles. The smallest absolute Gasteiger partial charge is 0.0778 e. The molecule has 0 aromatic rings. The molecule has 0 aromatic carbocycles. The van der Waals surface area contributed by atoms with Crippen LogP contribution in [0.1, 0.15) is 53.4 Å². The molecule has 0 radical (unpaired) electrons. The average molecular weight is 303 g/mol. The molecule has 128 valence electrons. The van der Waals surface area contributed by atoms with Crippen LogP contribution in [0.25, 0.3) is 0 Å². The molecule has 0 saturated heterocycles. The van der Waals surface area contributed by atoms with E-state index in [1.165, 1.54) is 0 Å². The fourth-order valence-electron chi connectivity index (χ4n) is 1.93. The Morgan fingerprint density at radius 2 is 0.810 bits per heavy atom. The van der Waals surface area contributed by atoms with Gasteiger partial charge in [0, 0.05) is 12.4 Å². The van der Waals surface area contributed by atoms with Crippen LogP contribution in [0.15, 0.2) is 12.4 Å². The molecule has 0 heterocycles. The number of hydrogen-bond donors (Lipinski definition) is 5. The van der Waals surface area contributed by atoms with Crippen LogP contribution >= 0.6 is 0 Å². The van der Waals surface area contributed by atoms with Gasteiger partial charge in [0.25, 0.3) is 0 Å². The zero-order chi connectivity index (χ0) is 15.7. The first-order valence-electron chi connectivity index (χ1n) is 7.68. The molecule has 0 fully saturated rings. The molecule has 21 heavy (non-hydrogen) atoms. The normalized spacial score (nSPS) is 17.0. The van der Waals surface area contributed by atoms with Gasteiger partial charge in [-0.1, -0.05) is 27.7 Å². The zero-order valence-corrected chi connectivity index (χ0v) is 14.2. The van der Waals surface area contributed by atoms with Gasteiger partial charge in [0.15, 0.2) is 0 Å². The van der Waals surface area contributed by atoms with E-state index in [2.05, 4.69) is 0 Å². The first-order chi connectivity index (χ1) is 9.42. The van der Waals surface area contributed by atoms with Crippen molar-refractivity contribution in [3.05, 3.63) is 12.4 Å².